The molecule has 16 heavy (non-hydrogen) atoms. The van der Waals surface area contributed by atoms with Crippen LogP contribution in [0.15, 0.2) is 0 Å². The van der Waals surface area contributed by atoms with Crippen LogP contribution in [0, 0.1) is 11.3 Å². The predicted molar refractivity (Wildman–Crippen MR) is 66.2 cm³/mol. The summed E-state index contributed by atoms with van der Waals surface area (Å²) >= 11 is 0. The molecule has 1 rings (SSSR count). The van der Waals surface area contributed by atoms with E-state index in [0.717, 1.165) is 19.6 Å². The summed E-state index contributed by atoms with van der Waals surface area (Å²) in [7, 11) is 6.15. The van der Waals surface area contributed by atoms with Crippen LogP contribution in [-0.2, 0) is 0 Å². The van der Waals surface area contributed by atoms with Gasteiger partial charge in [-0.05, 0) is 54.0 Å². The molecule has 4 heteroatoms. The third-order valence-electron chi connectivity index (χ3n) is 3.63. The van der Waals surface area contributed by atoms with E-state index in [1.54, 1.807) is 0 Å². The molecule has 1 heterocycles. The zero-order valence-corrected chi connectivity index (χ0v) is 11.0. The van der Waals surface area contributed by atoms with E-state index in [1.807, 2.05) is 14.0 Å². The van der Waals surface area contributed by atoms with Gasteiger partial charge in [-0.3, -0.25) is 0 Å². The fourth-order valence-electron chi connectivity index (χ4n) is 2.21. The molecule has 0 radical (unpaired) electrons. The van der Waals surface area contributed by atoms with Crippen LogP contribution in [0.2, 0.25) is 0 Å². The molecular formula is C12H24N4. The molecule has 1 fully saturated rings. The van der Waals surface area contributed by atoms with Crippen molar-refractivity contribution in [2.45, 2.75) is 31.3 Å². The molecule has 1 N–H and O–H groups in total. The van der Waals surface area contributed by atoms with Crippen molar-refractivity contribution in [2.75, 3.05) is 40.8 Å². The summed E-state index contributed by atoms with van der Waals surface area (Å²) in [6, 6.07) is 3.05. The summed E-state index contributed by atoms with van der Waals surface area (Å²) in [6.45, 7) is 4.98. The number of nitrogens with zero attached hydrogens (tertiary/aromatic N) is 3. The largest absolute Gasteiger partial charge is 0.306 e. The molecule has 0 spiro atoms. The topological polar surface area (TPSA) is 42.3 Å². The Balaban J connectivity index is 2.41. The SMILES string of the molecule is CNC(C)(C#N)CN1CCC(N(C)C)CC1. The Morgan fingerprint density at radius 1 is 1.44 bits per heavy atom. The fraction of sp³-hybridized carbons (Fsp3) is 0.917. The first kappa shape index (κ1) is 13.4. The maximum Gasteiger partial charge on any atom is 0.116 e. The van der Waals surface area contributed by atoms with E-state index in [2.05, 4.69) is 35.3 Å². The zero-order valence-electron chi connectivity index (χ0n) is 11.0. The summed E-state index contributed by atoms with van der Waals surface area (Å²) in [4.78, 5) is 4.69. The van der Waals surface area contributed by atoms with Gasteiger partial charge in [0.15, 0.2) is 0 Å². The zero-order chi connectivity index (χ0) is 12.2. The molecule has 0 bridgehead atoms. The van der Waals surface area contributed by atoms with Gasteiger partial charge in [0.05, 0.1) is 6.07 Å². The summed E-state index contributed by atoms with van der Waals surface area (Å²) in [5.41, 5.74) is -0.412. The maximum absolute atomic E-state index is 9.11. The Bertz CT molecular complexity index is 250. The van der Waals surface area contributed by atoms with Crippen LogP contribution in [0.1, 0.15) is 19.8 Å². The lowest BCUT2D eigenvalue weighted by atomic mass is 9.99. The number of rotatable bonds is 4. The molecule has 0 aromatic heterocycles. The predicted octanol–water partition coefficient (Wildman–Crippen LogP) is 0.514. The molecule has 1 unspecified atom stereocenters. The molecule has 1 saturated heterocycles. The number of likely N-dealkylation sites (tertiary alicyclic amines) is 1. The Morgan fingerprint density at radius 2 is 2.00 bits per heavy atom. The first-order valence-corrected chi connectivity index (χ1v) is 5.99. The molecule has 1 atom stereocenters. The minimum atomic E-state index is -0.412. The van der Waals surface area contributed by atoms with Crippen molar-refractivity contribution in [3.05, 3.63) is 0 Å². The second-order valence-electron chi connectivity index (χ2n) is 5.16. The molecule has 1 aliphatic rings. The second kappa shape index (κ2) is 5.62. The number of nitrogens with one attached hydrogen (secondary N) is 1. The highest BCUT2D eigenvalue weighted by molar-refractivity contribution is 5.05. The molecule has 0 aliphatic carbocycles. The molecule has 0 saturated carbocycles. The van der Waals surface area contributed by atoms with Gasteiger partial charge < -0.3 is 15.1 Å². The summed E-state index contributed by atoms with van der Waals surface area (Å²) in [5, 5.41) is 12.2. The second-order valence-corrected chi connectivity index (χ2v) is 5.16. The van der Waals surface area contributed by atoms with E-state index in [4.69, 9.17) is 5.26 Å². The average Bonchev–Trinajstić information content (AvgIpc) is 2.29. The lowest BCUT2D eigenvalue weighted by molar-refractivity contribution is 0.129. The van der Waals surface area contributed by atoms with Crippen molar-refractivity contribution in [2.24, 2.45) is 0 Å². The Labute approximate surface area is 99.2 Å². The van der Waals surface area contributed by atoms with Gasteiger partial charge in [0, 0.05) is 12.6 Å². The average molecular weight is 224 g/mol. The summed E-state index contributed by atoms with van der Waals surface area (Å²) in [6.07, 6.45) is 2.41. The maximum atomic E-state index is 9.11. The van der Waals surface area contributed by atoms with E-state index in [1.165, 1.54) is 12.8 Å². The van der Waals surface area contributed by atoms with Crippen LogP contribution in [0.3, 0.4) is 0 Å². The quantitative estimate of drug-likeness (QED) is 0.756. The van der Waals surface area contributed by atoms with E-state index in [0.29, 0.717) is 6.04 Å². The summed E-state index contributed by atoms with van der Waals surface area (Å²) in [5.74, 6) is 0. The molecule has 4 nitrogen and oxygen atoms in total. The molecular weight excluding hydrogens is 200 g/mol. The summed E-state index contributed by atoms with van der Waals surface area (Å²) < 4.78 is 0. The minimum Gasteiger partial charge on any atom is -0.306 e. The molecule has 0 aromatic rings. The van der Waals surface area contributed by atoms with Gasteiger partial charge in [0.25, 0.3) is 0 Å². The highest BCUT2D eigenvalue weighted by Crippen LogP contribution is 2.16. The normalized spacial score (nSPS) is 23.0. The van der Waals surface area contributed by atoms with Gasteiger partial charge >= 0.3 is 0 Å². The number of hydrogen-bond donors (Lipinski definition) is 1. The number of hydrogen-bond acceptors (Lipinski definition) is 4. The highest BCUT2D eigenvalue weighted by Gasteiger charge is 2.28. The van der Waals surface area contributed by atoms with Crippen LogP contribution in [-0.4, -0.2) is 62.2 Å². The highest BCUT2D eigenvalue weighted by atomic mass is 15.2. The number of likely N-dealkylation sites (N-methyl/N-ethyl adjacent to an activating group) is 1. The van der Waals surface area contributed by atoms with Crippen molar-refractivity contribution in [1.82, 2.24) is 15.1 Å². The third kappa shape index (κ3) is 3.44. The molecule has 92 valence electrons. The Morgan fingerprint density at radius 3 is 2.38 bits per heavy atom. The number of piperidine rings is 1. The van der Waals surface area contributed by atoms with Gasteiger partial charge in [0.2, 0.25) is 0 Å². The Kier molecular flexibility index (Phi) is 4.72. The molecule has 0 aromatic carbocycles. The van der Waals surface area contributed by atoms with E-state index < -0.39 is 5.54 Å². The van der Waals surface area contributed by atoms with Crippen molar-refractivity contribution >= 4 is 0 Å². The Hall–Kier alpha value is -0.630. The third-order valence-corrected chi connectivity index (χ3v) is 3.63. The van der Waals surface area contributed by atoms with Crippen molar-refractivity contribution in [1.29, 1.82) is 5.26 Å². The lowest BCUT2D eigenvalue weighted by Gasteiger charge is -2.38. The van der Waals surface area contributed by atoms with E-state index in [-0.39, 0.29) is 0 Å². The van der Waals surface area contributed by atoms with Crippen LogP contribution in [0.25, 0.3) is 0 Å². The van der Waals surface area contributed by atoms with Gasteiger partial charge in [0.1, 0.15) is 5.54 Å². The van der Waals surface area contributed by atoms with E-state index >= 15 is 0 Å². The minimum absolute atomic E-state index is 0.412. The lowest BCUT2D eigenvalue weighted by Crippen LogP contribution is -2.52. The van der Waals surface area contributed by atoms with Gasteiger partial charge in [-0.1, -0.05) is 0 Å². The molecule has 0 amide bonds. The smallest absolute Gasteiger partial charge is 0.116 e. The van der Waals surface area contributed by atoms with Crippen LogP contribution < -0.4 is 5.32 Å². The van der Waals surface area contributed by atoms with Gasteiger partial charge in [-0.2, -0.15) is 5.26 Å². The first-order chi connectivity index (χ1) is 7.50. The molecule has 1 aliphatic heterocycles. The van der Waals surface area contributed by atoms with Crippen LogP contribution >= 0.6 is 0 Å². The van der Waals surface area contributed by atoms with Gasteiger partial charge in [-0.25, -0.2) is 0 Å². The van der Waals surface area contributed by atoms with E-state index in [9.17, 15) is 0 Å². The standard InChI is InChI=1S/C12H24N4/c1-12(9-13,14-2)10-16-7-5-11(6-8-16)15(3)4/h11,14H,5-8,10H2,1-4H3. The van der Waals surface area contributed by atoms with Crippen molar-refractivity contribution in [3.8, 4) is 6.07 Å². The van der Waals surface area contributed by atoms with Crippen LogP contribution in [0.4, 0.5) is 0 Å². The van der Waals surface area contributed by atoms with Crippen LogP contribution in [0.5, 0.6) is 0 Å². The van der Waals surface area contributed by atoms with Crippen molar-refractivity contribution < 1.29 is 0 Å². The number of nitriles is 1. The first-order valence-electron chi connectivity index (χ1n) is 5.99. The fourth-order valence-corrected chi connectivity index (χ4v) is 2.21. The monoisotopic (exact) mass is 224 g/mol. The van der Waals surface area contributed by atoms with Gasteiger partial charge in [-0.15, -0.1) is 0 Å². The van der Waals surface area contributed by atoms with Crippen molar-refractivity contribution in [3.63, 3.8) is 0 Å².